The van der Waals surface area contributed by atoms with E-state index in [1.54, 1.807) is 12.1 Å². The van der Waals surface area contributed by atoms with Crippen LogP contribution in [0.5, 0.6) is 0 Å². The summed E-state index contributed by atoms with van der Waals surface area (Å²) in [5.74, 6) is -0.287. The lowest BCUT2D eigenvalue weighted by molar-refractivity contribution is 0.608. The van der Waals surface area contributed by atoms with E-state index in [2.05, 4.69) is 0 Å². The number of hydrogen-bond acceptors (Lipinski definition) is 2. The van der Waals surface area contributed by atoms with Crippen LogP contribution in [0.25, 0.3) is 0 Å². The van der Waals surface area contributed by atoms with E-state index in [1.807, 2.05) is 36.2 Å². The number of nitrogen functional groups attached to an aromatic ring is 1. The van der Waals surface area contributed by atoms with Gasteiger partial charge in [-0.05, 0) is 36.4 Å². The summed E-state index contributed by atoms with van der Waals surface area (Å²) >= 11 is 5.72. The van der Waals surface area contributed by atoms with Gasteiger partial charge in [-0.25, -0.2) is 4.39 Å². The average Bonchev–Trinajstić information content (AvgIpc) is 2.33. The molecule has 2 aromatic carbocycles. The molecule has 0 unspecified atom stereocenters. The summed E-state index contributed by atoms with van der Waals surface area (Å²) in [7, 11) is 1.90. The molecule has 18 heavy (non-hydrogen) atoms. The first-order valence-electron chi connectivity index (χ1n) is 5.57. The molecule has 0 aliphatic rings. The lowest BCUT2D eigenvalue weighted by atomic mass is 10.2. The summed E-state index contributed by atoms with van der Waals surface area (Å²) in [6.07, 6.45) is 0. The topological polar surface area (TPSA) is 29.3 Å². The monoisotopic (exact) mass is 264 g/mol. The second-order valence-electron chi connectivity index (χ2n) is 4.18. The van der Waals surface area contributed by atoms with Crippen LogP contribution in [0.15, 0.2) is 42.5 Å². The first-order chi connectivity index (χ1) is 8.56. The molecular formula is C14H14ClFN2. The average molecular weight is 265 g/mol. The largest absolute Gasteiger partial charge is 0.399 e. The number of rotatable bonds is 3. The fourth-order valence-electron chi connectivity index (χ4n) is 1.73. The van der Waals surface area contributed by atoms with Crippen LogP contribution < -0.4 is 10.6 Å². The second-order valence-corrected chi connectivity index (χ2v) is 4.62. The maximum atomic E-state index is 13.7. The Hall–Kier alpha value is -1.74. The van der Waals surface area contributed by atoms with Crippen LogP contribution in [0.1, 0.15) is 5.56 Å². The molecular weight excluding hydrogens is 251 g/mol. The molecule has 2 nitrogen and oxygen atoms in total. The Morgan fingerprint density at radius 3 is 2.44 bits per heavy atom. The molecule has 0 amide bonds. The molecule has 0 spiro atoms. The van der Waals surface area contributed by atoms with Gasteiger partial charge in [-0.15, -0.1) is 0 Å². The minimum atomic E-state index is -0.287. The fourth-order valence-corrected chi connectivity index (χ4v) is 1.88. The van der Waals surface area contributed by atoms with E-state index >= 15 is 0 Å². The molecule has 2 aromatic rings. The van der Waals surface area contributed by atoms with Gasteiger partial charge in [-0.2, -0.15) is 0 Å². The zero-order valence-electron chi connectivity index (χ0n) is 10.0. The molecule has 0 bridgehead atoms. The van der Waals surface area contributed by atoms with Crippen molar-refractivity contribution >= 4 is 23.0 Å². The third kappa shape index (κ3) is 2.93. The molecule has 0 aromatic heterocycles. The first kappa shape index (κ1) is 12.7. The van der Waals surface area contributed by atoms with Crippen molar-refractivity contribution in [1.82, 2.24) is 0 Å². The van der Waals surface area contributed by atoms with Crippen molar-refractivity contribution in [1.29, 1.82) is 0 Å². The van der Waals surface area contributed by atoms with Crippen LogP contribution in [-0.2, 0) is 6.54 Å². The predicted octanol–water partition coefficient (Wildman–Crippen LogP) is 3.70. The fraction of sp³-hybridized carbons (Fsp3) is 0.143. The van der Waals surface area contributed by atoms with Crippen molar-refractivity contribution in [3.8, 4) is 0 Å². The lowest BCUT2D eigenvalue weighted by Crippen LogP contribution is -2.17. The highest BCUT2D eigenvalue weighted by atomic mass is 35.5. The van der Waals surface area contributed by atoms with Gasteiger partial charge in [-0.1, -0.05) is 17.7 Å². The molecule has 0 heterocycles. The maximum Gasteiger partial charge on any atom is 0.129 e. The Kier molecular flexibility index (Phi) is 3.72. The molecule has 0 aliphatic heterocycles. The summed E-state index contributed by atoms with van der Waals surface area (Å²) < 4.78 is 13.7. The Morgan fingerprint density at radius 1 is 1.17 bits per heavy atom. The van der Waals surface area contributed by atoms with Gasteiger partial charge < -0.3 is 10.6 Å². The van der Waals surface area contributed by atoms with Crippen molar-refractivity contribution in [3.63, 3.8) is 0 Å². The van der Waals surface area contributed by atoms with Crippen molar-refractivity contribution in [2.45, 2.75) is 6.54 Å². The standard InChI is InChI=1S/C14H14ClFN2/c1-18(13-6-4-12(17)5-7-13)9-10-2-3-11(15)8-14(10)16/h2-8H,9,17H2,1H3. The maximum absolute atomic E-state index is 13.7. The summed E-state index contributed by atoms with van der Waals surface area (Å²) in [6, 6.07) is 12.2. The first-order valence-corrected chi connectivity index (χ1v) is 5.94. The zero-order valence-corrected chi connectivity index (χ0v) is 10.8. The normalized spacial score (nSPS) is 10.4. The Morgan fingerprint density at radius 2 is 1.83 bits per heavy atom. The van der Waals surface area contributed by atoms with Crippen molar-refractivity contribution in [2.75, 3.05) is 17.7 Å². The summed E-state index contributed by atoms with van der Waals surface area (Å²) in [6.45, 7) is 0.479. The smallest absolute Gasteiger partial charge is 0.129 e. The Labute approximate surface area is 111 Å². The van der Waals surface area contributed by atoms with Crippen LogP contribution >= 0.6 is 11.6 Å². The minimum Gasteiger partial charge on any atom is -0.399 e. The van der Waals surface area contributed by atoms with Gasteiger partial charge >= 0.3 is 0 Å². The van der Waals surface area contributed by atoms with Gasteiger partial charge in [0.05, 0.1) is 0 Å². The number of anilines is 2. The van der Waals surface area contributed by atoms with Gasteiger partial charge in [0.25, 0.3) is 0 Å². The van der Waals surface area contributed by atoms with Crippen LogP contribution in [-0.4, -0.2) is 7.05 Å². The summed E-state index contributed by atoms with van der Waals surface area (Å²) in [5.41, 5.74) is 7.93. The number of nitrogens with zero attached hydrogens (tertiary/aromatic N) is 1. The van der Waals surface area contributed by atoms with E-state index in [-0.39, 0.29) is 5.82 Å². The van der Waals surface area contributed by atoms with Gasteiger partial charge in [0.15, 0.2) is 0 Å². The van der Waals surface area contributed by atoms with Gasteiger partial charge in [0, 0.05) is 35.6 Å². The van der Waals surface area contributed by atoms with Crippen LogP contribution in [0.2, 0.25) is 5.02 Å². The van der Waals surface area contributed by atoms with E-state index in [1.165, 1.54) is 6.07 Å². The van der Waals surface area contributed by atoms with Gasteiger partial charge in [0.1, 0.15) is 5.82 Å². The van der Waals surface area contributed by atoms with E-state index in [4.69, 9.17) is 17.3 Å². The lowest BCUT2D eigenvalue weighted by Gasteiger charge is -2.20. The van der Waals surface area contributed by atoms with Gasteiger partial charge in [0.2, 0.25) is 0 Å². The molecule has 2 N–H and O–H groups in total. The molecule has 2 rings (SSSR count). The highest BCUT2D eigenvalue weighted by molar-refractivity contribution is 6.30. The minimum absolute atomic E-state index is 0.287. The number of benzene rings is 2. The molecule has 0 fully saturated rings. The molecule has 4 heteroatoms. The summed E-state index contributed by atoms with van der Waals surface area (Å²) in [4.78, 5) is 1.95. The highest BCUT2D eigenvalue weighted by Gasteiger charge is 2.07. The second kappa shape index (κ2) is 5.27. The summed E-state index contributed by atoms with van der Waals surface area (Å²) in [5, 5.41) is 0.409. The molecule has 0 radical (unpaired) electrons. The molecule has 0 aliphatic carbocycles. The number of halogens is 2. The van der Waals surface area contributed by atoms with E-state index in [0.717, 1.165) is 5.69 Å². The SMILES string of the molecule is CN(Cc1ccc(Cl)cc1F)c1ccc(N)cc1. The van der Waals surface area contributed by atoms with Crippen LogP contribution in [0, 0.1) is 5.82 Å². The third-order valence-corrected chi connectivity index (χ3v) is 2.99. The van der Waals surface area contributed by atoms with E-state index in [0.29, 0.717) is 22.8 Å². The Bertz CT molecular complexity index is 540. The van der Waals surface area contributed by atoms with Crippen molar-refractivity contribution in [2.24, 2.45) is 0 Å². The molecule has 0 atom stereocenters. The molecule has 94 valence electrons. The van der Waals surface area contributed by atoms with Gasteiger partial charge in [-0.3, -0.25) is 0 Å². The molecule has 0 saturated carbocycles. The van der Waals surface area contributed by atoms with E-state index in [9.17, 15) is 4.39 Å². The van der Waals surface area contributed by atoms with Crippen LogP contribution in [0.4, 0.5) is 15.8 Å². The third-order valence-electron chi connectivity index (χ3n) is 2.76. The van der Waals surface area contributed by atoms with Crippen molar-refractivity contribution < 1.29 is 4.39 Å². The quantitative estimate of drug-likeness (QED) is 0.857. The predicted molar refractivity (Wildman–Crippen MR) is 74.4 cm³/mol. The Balaban J connectivity index is 2.15. The van der Waals surface area contributed by atoms with E-state index < -0.39 is 0 Å². The zero-order chi connectivity index (χ0) is 13.1. The number of hydrogen-bond donors (Lipinski definition) is 1. The highest BCUT2D eigenvalue weighted by Crippen LogP contribution is 2.20. The van der Waals surface area contributed by atoms with Crippen molar-refractivity contribution in [3.05, 3.63) is 58.9 Å². The van der Waals surface area contributed by atoms with Crippen LogP contribution in [0.3, 0.4) is 0 Å². The molecule has 0 saturated heterocycles. The number of nitrogens with two attached hydrogens (primary N) is 1.